The van der Waals surface area contributed by atoms with Crippen LogP contribution in [-0.2, 0) is 4.74 Å². The van der Waals surface area contributed by atoms with E-state index < -0.39 is 0 Å². The lowest BCUT2D eigenvalue weighted by atomic mass is 10.2. The number of rotatable bonds is 2. The highest BCUT2D eigenvalue weighted by Gasteiger charge is 2.12. The van der Waals surface area contributed by atoms with Crippen molar-refractivity contribution in [2.45, 2.75) is 0 Å². The van der Waals surface area contributed by atoms with Crippen molar-refractivity contribution in [2.75, 3.05) is 31.2 Å². The first-order valence-electron chi connectivity index (χ1n) is 5.45. The molecule has 1 saturated heterocycles. The number of nitriles is 1. The largest absolute Gasteiger partial charge is 0.396 e. The minimum Gasteiger partial charge on any atom is -0.396 e. The molecule has 0 aromatic carbocycles. The minimum absolute atomic E-state index is 0.391. The van der Waals surface area contributed by atoms with Gasteiger partial charge in [-0.05, 0) is 12.1 Å². The van der Waals surface area contributed by atoms with Crippen molar-refractivity contribution in [3.8, 4) is 6.07 Å². The van der Waals surface area contributed by atoms with E-state index in [1.165, 1.54) is 6.08 Å². The molecule has 1 aromatic rings. The van der Waals surface area contributed by atoms with E-state index in [0.717, 1.165) is 32.0 Å². The van der Waals surface area contributed by atoms with Crippen molar-refractivity contribution < 1.29 is 4.74 Å². The molecule has 1 aliphatic heterocycles. The van der Waals surface area contributed by atoms with Gasteiger partial charge < -0.3 is 15.4 Å². The molecule has 0 radical (unpaired) electrons. The fourth-order valence-corrected chi connectivity index (χ4v) is 1.74. The van der Waals surface area contributed by atoms with Gasteiger partial charge in [0.1, 0.15) is 0 Å². The number of hydrogen-bond acceptors (Lipinski definition) is 5. The Labute approximate surface area is 100 Å². The van der Waals surface area contributed by atoms with Crippen molar-refractivity contribution in [3.05, 3.63) is 30.1 Å². The highest BCUT2D eigenvalue weighted by Crippen LogP contribution is 2.18. The standard InChI is InChI=1S/C12H14N4O/c13-3-1-11(14)12-9-10(2-4-15-12)16-5-7-17-8-6-16/h1-2,4,9H,5-8,14H2/b11-1-. The van der Waals surface area contributed by atoms with Gasteiger partial charge >= 0.3 is 0 Å². The molecule has 5 nitrogen and oxygen atoms in total. The first-order chi connectivity index (χ1) is 8.31. The number of anilines is 1. The molecule has 0 spiro atoms. The van der Waals surface area contributed by atoms with Crippen LogP contribution in [0.15, 0.2) is 24.4 Å². The van der Waals surface area contributed by atoms with Gasteiger partial charge in [-0.3, -0.25) is 4.98 Å². The number of pyridine rings is 1. The summed E-state index contributed by atoms with van der Waals surface area (Å²) in [7, 11) is 0. The number of nitrogens with zero attached hydrogens (tertiary/aromatic N) is 3. The van der Waals surface area contributed by atoms with Gasteiger partial charge in [0, 0.05) is 31.0 Å². The molecule has 0 unspecified atom stereocenters. The lowest BCUT2D eigenvalue weighted by Gasteiger charge is -2.28. The summed E-state index contributed by atoms with van der Waals surface area (Å²) < 4.78 is 5.30. The zero-order valence-electron chi connectivity index (χ0n) is 9.47. The van der Waals surface area contributed by atoms with Crippen LogP contribution in [-0.4, -0.2) is 31.3 Å². The Morgan fingerprint density at radius 2 is 2.29 bits per heavy atom. The smallest absolute Gasteiger partial charge is 0.0934 e. The van der Waals surface area contributed by atoms with Crippen LogP contribution in [0.3, 0.4) is 0 Å². The van der Waals surface area contributed by atoms with Crippen LogP contribution in [0.2, 0.25) is 0 Å². The van der Waals surface area contributed by atoms with E-state index >= 15 is 0 Å². The summed E-state index contributed by atoms with van der Waals surface area (Å²) in [6, 6.07) is 5.74. The summed E-state index contributed by atoms with van der Waals surface area (Å²) in [4.78, 5) is 6.37. The maximum absolute atomic E-state index is 8.55. The molecule has 2 rings (SSSR count). The summed E-state index contributed by atoms with van der Waals surface area (Å²) in [6.45, 7) is 3.21. The van der Waals surface area contributed by atoms with Crippen LogP contribution in [0.4, 0.5) is 5.69 Å². The zero-order chi connectivity index (χ0) is 12.1. The summed E-state index contributed by atoms with van der Waals surface area (Å²) in [5, 5.41) is 8.55. The monoisotopic (exact) mass is 230 g/mol. The molecule has 1 aliphatic rings. The Hall–Kier alpha value is -2.06. The van der Waals surface area contributed by atoms with Gasteiger partial charge in [0.25, 0.3) is 0 Å². The third-order valence-electron chi connectivity index (χ3n) is 2.64. The number of allylic oxidation sites excluding steroid dienone is 1. The van der Waals surface area contributed by atoms with Gasteiger partial charge in [0.05, 0.1) is 30.7 Å². The van der Waals surface area contributed by atoms with Crippen LogP contribution in [0.5, 0.6) is 0 Å². The lowest BCUT2D eigenvalue weighted by molar-refractivity contribution is 0.122. The number of nitrogens with two attached hydrogens (primary N) is 1. The third-order valence-corrected chi connectivity index (χ3v) is 2.64. The Kier molecular flexibility index (Phi) is 3.58. The zero-order valence-corrected chi connectivity index (χ0v) is 9.47. The molecule has 1 aromatic heterocycles. The number of ether oxygens (including phenoxy) is 1. The van der Waals surface area contributed by atoms with Gasteiger partial charge in [0.2, 0.25) is 0 Å². The maximum Gasteiger partial charge on any atom is 0.0934 e. The first-order valence-corrected chi connectivity index (χ1v) is 5.45. The molecule has 2 heterocycles. The van der Waals surface area contributed by atoms with Crippen LogP contribution in [0, 0.1) is 11.3 Å². The molecule has 0 bridgehead atoms. The van der Waals surface area contributed by atoms with Crippen molar-refractivity contribution in [1.82, 2.24) is 4.98 Å². The second-order valence-corrected chi connectivity index (χ2v) is 3.73. The normalized spacial score (nSPS) is 16.6. The summed E-state index contributed by atoms with van der Waals surface area (Å²) >= 11 is 0. The maximum atomic E-state index is 8.55. The van der Waals surface area contributed by atoms with E-state index in [4.69, 9.17) is 15.7 Å². The van der Waals surface area contributed by atoms with Gasteiger partial charge in [-0.2, -0.15) is 5.26 Å². The number of hydrogen-bond donors (Lipinski definition) is 1. The molecule has 0 amide bonds. The minimum atomic E-state index is 0.391. The van der Waals surface area contributed by atoms with Crippen LogP contribution < -0.4 is 10.6 Å². The van der Waals surface area contributed by atoms with Crippen molar-refractivity contribution in [3.63, 3.8) is 0 Å². The molecule has 0 aliphatic carbocycles. The number of morpholine rings is 1. The topological polar surface area (TPSA) is 75.2 Å². The predicted octanol–water partition coefficient (Wildman–Crippen LogP) is 0.741. The van der Waals surface area contributed by atoms with Gasteiger partial charge in [-0.15, -0.1) is 0 Å². The molecule has 0 atom stereocenters. The molecule has 88 valence electrons. The van der Waals surface area contributed by atoms with E-state index in [1.807, 2.05) is 18.2 Å². The Morgan fingerprint density at radius 1 is 1.53 bits per heavy atom. The SMILES string of the molecule is N#C/C=C(\N)c1cc(N2CCOCC2)ccn1. The van der Waals surface area contributed by atoms with Crippen molar-refractivity contribution in [2.24, 2.45) is 5.73 Å². The third kappa shape index (κ3) is 2.74. The average Bonchev–Trinajstić information content (AvgIpc) is 2.40. The molecular weight excluding hydrogens is 216 g/mol. The van der Waals surface area contributed by atoms with E-state index in [2.05, 4.69) is 9.88 Å². The van der Waals surface area contributed by atoms with Crippen molar-refractivity contribution in [1.29, 1.82) is 5.26 Å². The van der Waals surface area contributed by atoms with Gasteiger partial charge in [0.15, 0.2) is 0 Å². The molecule has 1 fully saturated rings. The molecule has 2 N–H and O–H groups in total. The quantitative estimate of drug-likeness (QED) is 0.758. The Morgan fingerprint density at radius 3 is 3.00 bits per heavy atom. The fraction of sp³-hybridized carbons (Fsp3) is 0.333. The lowest BCUT2D eigenvalue weighted by Crippen LogP contribution is -2.36. The molecule has 0 saturated carbocycles. The van der Waals surface area contributed by atoms with Crippen LogP contribution in [0.25, 0.3) is 5.70 Å². The molecule has 5 heteroatoms. The fourth-order valence-electron chi connectivity index (χ4n) is 1.74. The number of aromatic nitrogens is 1. The highest BCUT2D eigenvalue weighted by atomic mass is 16.5. The first kappa shape index (κ1) is 11.4. The highest BCUT2D eigenvalue weighted by molar-refractivity contribution is 5.65. The molecular formula is C12H14N4O. The van der Waals surface area contributed by atoms with Gasteiger partial charge in [-0.25, -0.2) is 0 Å². The summed E-state index contributed by atoms with van der Waals surface area (Å²) in [5.74, 6) is 0. The summed E-state index contributed by atoms with van der Waals surface area (Å²) in [5.41, 5.74) is 7.83. The Bertz CT molecular complexity index is 458. The Balaban J connectivity index is 2.22. The van der Waals surface area contributed by atoms with Crippen LogP contribution >= 0.6 is 0 Å². The summed E-state index contributed by atoms with van der Waals surface area (Å²) in [6.07, 6.45) is 3.00. The van der Waals surface area contributed by atoms with E-state index in [-0.39, 0.29) is 0 Å². The van der Waals surface area contributed by atoms with Crippen molar-refractivity contribution >= 4 is 11.4 Å². The molecule has 17 heavy (non-hydrogen) atoms. The predicted molar refractivity (Wildman–Crippen MR) is 65.0 cm³/mol. The van der Waals surface area contributed by atoms with Gasteiger partial charge in [-0.1, -0.05) is 0 Å². The second-order valence-electron chi connectivity index (χ2n) is 3.73. The second kappa shape index (κ2) is 5.32. The van der Waals surface area contributed by atoms with E-state index in [1.54, 1.807) is 6.20 Å². The van der Waals surface area contributed by atoms with E-state index in [0.29, 0.717) is 11.4 Å². The van der Waals surface area contributed by atoms with E-state index in [9.17, 15) is 0 Å². The average molecular weight is 230 g/mol. The van der Waals surface area contributed by atoms with Crippen LogP contribution in [0.1, 0.15) is 5.69 Å².